The van der Waals surface area contributed by atoms with E-state index in [9.17, 15) is 0 Å². The van der Waals surface area contributed by atoms with E-state index in [1.165, 1.54) is 17.5 Å². The lowest BCUT2D eigenvalue weighted by atomic mass is 9.97. The molecule has 34 heavy (non-hydrogen) atoms. The Kier molecular flexibility index (Phi) is 7.83. The largest absolute Gasteiger partial charge is 0.497 e. The number of methoxy groups -OCH3 is 1. The van der Waals surface area contributed by atoms with E-state index >= 15 is 0 Å². The number of hydrogen-bond acceptors (Lipinski definition) is 4. The minimum Gasteiger partial charge on any atom is -0.497 e. The molecule has 4 rings (SSSR count). The Bertz CT molecular complexity index is 1240. The second kappa shape index (κ2) is 11.4. The van der Waals surface area contributed by atoms with Crippen LogP contribution in [0, 0.1) is 6.92 Å². The zero-order valence-electron chi connectivity index (χ0n) is 19.6. The molecule has 5 nitrogen and oxygen atoms in total. The molecule has 0 aliphatic heterocycles. The van der Waals surface area contributed by atoms with Crippen LogP contribution in [0.15, 0.2) is 101 Å². The van der Waals surface area contributed by atoms with Gasteiger partial charge >= 0.3 is 0 Å². The molecular weight excluding hydrogens is 440 g/mol. The molecule has 1 heterocycles. The molecule has 0 aliphatic carbocycles. The Labute approximate surface area is 205 Å². The van der Waals surface area contributed by atoms with Gasteiger partial charge in [0.25, 0.3) is 0 Å². The summed E-state index contributed by atoms with van der Waals surface area (Å²) in [5, 5.41) is 3.38. The Hall–Kier alpha value is -3.77. The fourth-order valence-corrected chi connectivity index (χ4v) is 4.15. The quantitative estimate of drug-likeness (QED) is 0.195. The summed E-state index contributed by atoms with van der Waals surface area (Å²) < 4.78 is 8.62. The van der Waals surface area contributed by atoms with Gasteiger partial charge in [0, 0.05) is 35.8 Å². The molecule has 4 aromatic rings. The molecule has 0 aliphatic rings. The fraction of sp³-hybridized carbons (Fsp3) is 0.143. The minimum atomic E-state index is 0.597. The first-order valence-corrected chi connectivity index (χ1v) is 11.9. The van der Waals surface area contributed by atoms with Crippen molar-refractivity contribution in [3.8, 4) is 28.1 Å². The second-order valence-corrected chi connectivity index (χ2v) is 8.66. The van der Waals surface area contributed by atoms with Crippen LogP contribution in [-0.2, 0) is 6.54 Å². The summed E-state index contributed by atoms with van der Waals surface area (Å²) in [6.07, 6.45) is 1.92. The third kappa shape index (κ3) is 5.97. The van der Waals surface area contributed by atoms with Gasteiger partial charge in [-0.3, -0.25) is 14.7 Å². The van der Waals surface area contributed by atoms with Crippen LogP contribution in [0.1, 0.15) is 11.1 Å². The summed E-state index contributed by atoms with van der Waals surface area (Å²) in [7, 11) is 3.44. The van der Waals surface area contributed by atoms with Crippen LogP contribution in [0.2, 0.25) is 0 Å². The lowest BCUT2D eigenvalue weighted by molar-refractivity contribution is 0.415. The number of guanidine groups is 1. The highest BCUT2D eigenvalue weighted by molar-refractivity contribution is 7.98. The highest BCUT2D eigenvalue weighted by Crippen LogP contribution is 2.32. The number of aryl methyl sites for hydroxylation is 1. The van der Waals surface area contributed by atoms with E-state index in [0.29, 0.717) is 12.5 Å². The number of benzene rings is 3. The molecule has 0 radical (unpaired) electrons. The predicted molar refractivity (Wildman–Crippen MR) is 142 cm³/mol. The van der Waals surface area contributed by atoms with Gasteiger partial charge in [-0.25, -0.2) is 0 Å². The van der Waals surface area contributed by atoms with Crippen LogP contribution in [0.5, 0.6) is 5.75 Å². The number of aromatic nitrogens is 1. The smallest absolute Gasteiger partial charge is 0.201 e. The average Bonchev–Trinajstić information content (AvgIpc) is 2.90. The van der Waals surface area contributed by atoms with Crippen molar-refractivity contribution in [1.29, 1.82) is 0 Å². The molecule has 0 atom stereocenters. The maximum absolute atomic E-state index is 5.34. The molecule has 2 N–H and O–H groups in total. The van der Waals surface area contributed by atoms with Gasteiger partial charge in [-0.1, -0.05) is 60.2 Å². The van der Waals surface area contributed by atoms with Crippen molar-refractivity contribution in [3.05, 3.63) is 102 Å². The zero-order valence-corrected chi connectivity index (χ0v) is 20.4. The van der Waals surface area contributed by atoms with Crippen molar-refractivity contribution >= 4 is 17.9 Å². The van der Waals surface area contributed by atoms with Crippen LogP contribution in [0.3, 0.4) is 0 Å². The first-order chi connectivity index (χ1) is 16.7. The molecule has 0 unspecified atom stereocenters. The lowest BCUT2D eigenvalue weighted by Gasteiger charge is -2.14. The summed E-state index contributed by atoms with van der Waals surface area (Å²) in [6, 6.07) is 28.9. The van der Waals surface area contributed by atoms with Crippen molar-refractivity contribution in [2.75, 3.05) is 14.2 Å². The van der Waals surface area contributed by atoms with Crippen molar-refractivity contribution in [3.63, 3.8) is 0 Å². The van der Waals surface area contributed by atoms with E-state index < -0.39 is 0 Å². The molecule has 1 aromatic heterocycles. The van der Waals surface area contributed by atoms with Gasteiger partial charge in [0.1, 0.15) is 5.75 Å². The number of nitrogens with one attached hydrogen (secondary N) is 2. The first-order valence-electron chi connectivity index (χ1n) is 11.0. The van der Waals surface area contributed by atoms with Gasteiger partial charge in [0.15, 0.2) is 0 Å². The zero-order chi connectivity index (χ0) is 23.8. The van der Waals surface area contributed by atoms with Crippen molar-refractivity contribution in [1.82, 2.24) is 15.0 Å². The molecule has 0 saturated heterocycles. The van der Waals surface area contributed by atoms with Crippen molar-refractivity contribution in [2.24, 2.45) is 4.99 Å². The molecule has 0 saturated carbocycles. The molecule has 0 bridgehead atoms. The molecule has 0 fully saturated rings. The summed E-state index contributed by atoms with van der Waals surface area (Å²) in [4.78, 5) is 10.3. The van der Waals surface area contributed by atoms with Gasteiger partial charge in [0.2, 0.25) is 5.96 Å². The van der Waals surface area contributed by atoms with E-state index in [1.54, 1.807) is 14.2 Å². The highest BCUT2D eigenvalue weighted by atomic mass is 32.2. The van der Waals surface area contributed by atoms with E-state index in [2.05, 4.69) is 76.6 Å². The number of ether oxygens (including phenoxy) is 1. The van der Waals surface area contributed by atoms with E-state index in [0.717, 1.165) is 38.6 Å². The van der Waals surface area contributed by atoms with Crippen LogP contribution in [0.4, 0.5) is 0 Å². The average molecular weight is 469 g/mol. The predicted octanol–water partition coefficient (Wildman–Crippen LogP) is 6.10. The second-order valence-electron chi connectivity index (χ2n) is 7.78. The Morgan fingerprint density at radius 1 is 0.941 bits per heavy atom. The monoisotopic (exact) mass is 468 g/mol. The van der Waals surface area contributed by atoms with E-state index in [1.807, 2.05) is 36.5 Å². The van der Waals surface area contributed by atoms with Gasteiger partial charge in [-0.05, 0) is 60.3 Å². The van der Waals surface area contributed by atoms with Gasteiger partial charge in [-0.2, -0.15) is 0 Å². The van der Waals surface area contributed by atoms with Gasteiger partial charge in [-0.15, -0.1) is 0 Å². The third-order valence-corrected chi connectivity index (χ3v) is 6.17. The highest BCUT2D eigenvalue weighted by Gasteiger charge is 2.11. The summed E-state index contributed by atoms with van der Waals surface area (Å²) >= 11 is 1.52. The molecular formula is C28H28N4OS. The third-order valence-electron chi connectivity index (χ3n) is 5.36. The number of aliphatic imine (C=N–C) groups is 1. The van der Waals surface area contributed by atoms with Crippen molar-refractivity contribution in [2.45, 2.75) is 18.4 Å². The maximum atomic E-state index is 5.34. The summed E-state index contributed by atoms with van der Waals surface area (Å²) in [5.74, 6) is 1.54. The molecule has 0 spiro atoms. The van der Waals surface area contributed by atoms with E-state index in [4.69, 9.17) is 9.72 Å². The minimum absolute atomic E-state index is 0.597. The molecule has 6 heteroatoms. The topological polar surface area (TPSA) is 58.5 Å². The van der Waals surface area contributed by atoms with Gasteiger partial charge < -0.3 is 10.1 Å². The van der Waals surface area contributed by atoms with Crippen LogP contribution in [-0.4, -0.2) is 25.1 Å². The number of nitrogens with zero attached hydrogens (tertiary/aromatic N) is 2. The normalized spacial score (nSPS) is 11.2. The SMILES string of the molecule is CN=C(NCc1cnc(-c2ccc(C)cc2)c(-c2ccc(OC)cc2)c1)NSc1ccccc1. The first kappa shape index (κ1) is 23.4. The number of pyridine rings is 1. The summed E-state index contributed by atoms with van der Waals surface area (Å²) in [5.41, 5.74) is 6.50. The molecule has 172 valence electrons. The van der Waals surface area contributed by atoms with Crippen LogP contribution >= 0.6 is 11.9 Å². The Morgan fingerprint density at radius 2 is 1.65 bits per heavy atom. The van der Waals surface area contributed by atoms with Crippen molar-refractivity contribution < 1.29 is 4.74 Å². The number of hydrogen-bond donors (Lipinski definition) is 2. The molecule has 3 aromatic carbocycles. The lowest BCUT2D eigenvalue weighted by Crippen LogP contribution is -2.32. The summed E-state index contributed by atoms with van der Waals surface area (Å²) in [6.45, 7) is 2.69. The molecule has 0 amide bonds. The maximum Gasteiger partial charge on any atom is 0.201 e. The Morgan fingerprint density at radius 3 is 2.32 bits per heavy atom. The van der Waals surface area contributed by atoms with Crippen LogP contribution < -0.4 is 14.8 Å². The van der Waals surface area contributed by atoms with Gasteiger partial charge in [0.05, 0.1) is 12.8 Å². The number of rotatable bonds is 7. The van der Waals surface area contributed by atoms with Crippen LogP contribution in [0.25, 0.3) is 22.4 Å². The Balaban J connectivity index is 1.56. The fourth-order valence-electron chi connectivity index (χ4n) is 3.48. The van der Waals surface area contributed by atoms with E-state index in [-0.39, 0.29) is 0 Å². The standard InChI is InChI=1S/C28H28N4OS/c1-20-9-11-23(12-10-20)27-26(22-13-15-24(33-3)16-14-22)17-21(18-30-27)19-31-28(29-2)32-34-25-7-5-4-6-8-25/h4-18H,19H2,1-3H3,(H2,29,31,32).